The first kappa shape index (κ1) is 11.9. The number of hydrogen-bond acceptors (Lipinski definition) is 3. The summed E-state index contributed by atoms with van der Waals surface area (Å²) in [6.07, 6.45) is 3.78. The molecule has 1 atom stereocenters. The molecular formula is C15H16N4. The van der Waals surface area contributed by atoms with Gasteiger partial charge < -0.3 is 5.73 Å². The van der Waals surface area contributed by atoms with Gasteiger partial charge in [0.05, 0.1) is 23.4 Å². The Morgan fingerprint density at radius 3 is 2.84 bits per heavy atom. The van der Waals surface area contributed by atoms with Gasteiger partial charge in [-0.1, -0.05) is 24.3 Å². The summed E-state index contributed by atoms with van der Waals surface area (Å²) >= 11 is 0. The van der Waals surface area contributed by atoms with E-state index in [1.807, 2.05) is 47.4 Å². The van der Waals surface area contributed by atoms with Crippen LogP contribution in [0.1, 0.15) is 24.2 Å². The van der Waals surface area contributed by atoms with Crippen LogP contribution in [-0.4, -0.2) is 14.8 Å². The number of fused-ring (bicyclic) bond motifs is 1. The summed E-state index contributed by atoms with van der Waals surface area (Å²) in [5.41, 5.74) is 9.09. The van der Waals surface area contributed by atoms with Crippen LogP contribution in [0.2, 0.25) is 0 Å². The van der Waals surface area contributed by atoms with Gasteiger partial charge in [-0.3, -0.25) is 9.67 Å². The highest BCUT2D eigenvalue weighted by Crippen LogP contribution is 2.20. The molecule has 2 N–H and O–H groups in total. The highest BCUT2D eigenvalue weighted by Gasteiger charge is 2.12. The number of aryl methyl sites for hydroxylation is 1. The third kappa shape index (κ3) is 2.22. The van der Waals surface area contributed by atoms with E-state index < -0.39 is 0 Å². The third-order valence-corrected chi connectivity index (χ3v) is 3.27. The van der Waals surface area contributed by atoms with Crippen LogP contribution in [0.4, 0.5) is 0 Å². The number of benzene rings is 1. The molecule has 2 heterocycles. The Kier molecular flexibility index (Phi) is 3.01. The molecule has 0 radical (unpaired) electrons. The molecule has 0 saturated heterocycles. The Bertz CT molecular complexity index is 702. The van der Waals surface area contributed by atoms with Crippen LogP contribution in [0, 0.1) is 0 Å². The predicted octanol–water partition coefficient (Wildman–Crippen LogP) is 2.50. The zero-order valence-corrected chi connectivity index (χ0v) is 10.8. The number of aromatic nitrogens is 3. The lowest BCUT2D eigenvalue weighted by Crippen LogP contribution is -2.12. The molecule has 0 aliphatic heterocycles. The van der Waals surface area contributed by atoms with Crippen LogP contribution in [0.15, 0.2) is 48.8 Å². The first-order valence-electron chi connectivity index (χ1n) is 6.41. The van der Waals surface area contributed by atoms with E-state index in [0.717, 1.165) is 28.7 Å². The fraction of sp³-hybridized carbons (Fsp3) is 0.200. The Morgan fingerprint density at radius 1 is 1.21 bits per heavy atom. The molecule has 1 unspecified atom stereocenters. The Balaban J connectivity index is 1.98. The van der Waals surface area contributed by atoms with E-state index in [1.54, 1.807) is 0 Å². The average molecular weight is 252 g/mol. The molecular weight excluding hydrogens is 236 g/mol. The molecule has 0 spiro atoms. The van der Waals surface area contributed by atoms with E-state index in [1.165, 1.54) is 0 Å². The molecule has 0 aliphatic rings. The van der Waals surface area contributed by atoms with Crippen molar-refractivity contribution in [2.24, 2.45) is 5.73 Å². The number of rotatable bonds is 3. The van der Waals surface area contributed by atoms with Gasteiger partial charge in [0.25, 0.3) is 0 Å². The van der Waals surface area contributed by atoms with Gasteiger partial charge in [-0.2, -0.15) is 5.10 Å². The van der Waals surface area contributed by atoms with Crippen LogP contribution in [0.3, 0.4) is 0 Å². The number of para-hydroxylation sites is 1. The van der Waals surface area contributed by atoms with Crippen LogP contribution in [-0.2, 0) is 6.54 Å². The van der Waals surface area contributed by atoms with E-state index >= 15 is 0 Å². The van der Waals surface area contributed by atoms with Crippen LogP contribution >= 0.6 is 0 Å². The zero-order valence-electron chi connectivity index (χ0n) is 10.8. The fourth-order valence-electron chi connectivity index (χ4n) is 2.14. The first-order valence-corrected chi connectivity index (χ1v) is 6.41. The van der Waals surface area contributed by atoms with Crippen LogP contribution in [0.25, 0.3) is 10.9 Å². The molecule has 0 saturated carbocycles. The van der Waals surface area contributed by atoms with Gasteiger partial charge in [-0.15, -0.1) is 0 Å². The maximum Gasteiger partial charge on any atom is 0.0757 e. The molecule has 4 heteroatoms. The standard InChI is InChI=1S/C15H16N4/c1-2-19-10-12(9-17-19)15(16)14-8-7-11-5-3-4-6-13(11)18-14/h3-10,15H,2,16H2,1H3. The summed E-state index contributed by atoms with van der Waals surface area (Å²) in [6.45, 7) is 2.90. The Labute approximate surface area is 111 Å². The quantitative estimate of drug-likeness (QED) is 0.779. The van der Waals surface area contributed by atoms with Crippen LogP contribution in [0.5, 0.6) is 0 Å². The molecule has 19 heavy (non-hydrogen) atoms. The SMILES string of the molecule is CCn1cc(C(N)c2ccc3ccccc3n2)cn1. The molecule has 0 aliphatic carbocycles. The molecule has 0 fully saturated rings. The summed E-state index contributed by atoms with van der Waals surface area (Å²) in [7, 11) is 0. The maximum absolute atomic E-state index is 6.26. The second-order valence-electron chi connectivity index (χ2n) is 4.54. The van der Waals surface area contributed by atoms with Crippen molar-refractivity contribution in [3.8, 4) is 0 Å². The highest BCUT2D eigenvalue weighted by atomic mass is 15.3. The predicted molar refractivity (Wildman–Crippen MR) is 75.7 cm³/mol. The minimum absolute atomic E-state index is 0.232. The monoisotopic (exact) mass is 252 g/mol. The maximum atomic E-state index is 6.26. The number of nitrogens with two attached hydrogens (primary N) is 1. The van der Waals surface area contributed by atoms with E-state index in [2.05, 4.69) is 23.1 Å². The van der Waals surface area contributed by atoms with Gasteiger partial charge >= 0.3 is 0 Å². The van der Waals surface area contributed by atoms with Gasteiger partial charge in [0.15, 0.2) is 0 Å². The first-order chi connectivity index (χ1) is 9.28. The van der Waals surface area contributed by atoms with Crippen molar-refractivity contribution in [3.05, 3.63) is 60.0 Å². The van der Waals surface area contributed by atoms with E-state index in [4.69, 9.17) is 5.73 Å². The second kappa shape index (κ2) is 4.82. The largest absolute Gasteiger partial charge is 0.319 e. The fourth-order valence-corrected chi connectivity index (χ4v) is 2.14. The third-order valence-electron chi connectivity index (χ3n) is 3.27. The van der Waals surface area contributed by atoms with Gasteiger partial charge in [-0.25, -0.2) is 0 Å². The van der Waals surface area contributed by atoms with Gasteiger partial charge in [-0.05, 0) is 19.1 Å². The Morgan fingerprint density at radius 2 is 2.05 bits per heavy atom. The lowest BCUT2D eigenvalue weighted by Gasteiger charge is -2.09. The zero-order chi connectivity index (χ0) is 13.2. The van der Waals surface area contributed by atoms with Gasteiger partial charge in [0.2, 0.25) is 0 Å². The summed E-state index contributed by atoms with van der Waals surface area (Å²) in [4.78, 5) is 4.62. The molecule has 4 nitrogen and oxygen atoms in total. The van der Waals surface area contributed by atoms with Crippen LogP contribution < -0.4 is 5.73 Å². The van der Waals surface area contributed by atoms with Crippen molar-refractivity contribution < 1.29 is 0 Å². The molecule has 3 aromatic rings. The second-order valence-corrected chi connectivity index (χ2v) is 4.54. The van der Waals surface area contributed by atoms with Crippen molar-refractivity contribution in [2.75, 3.05) is 0 Å². The molecule has 1 aromatic carbocycles. The van der Waals surface area contributed by atoms with Crippen molar-refractivity contribution in [1.82, 2.24) is 14.8 Å². The smallest absolute Gasteiger partial charge is 0.0757 e. The average Bonchev–Trinajstić information content (AvgIpc) is 2.95. The van der Waals surface area contributed by atoms with Crippen molar-refractivity contribution >= 4 is 10.9 Å². The van der Waals surface area contributed by atoms with Crippen molar-refractivity contribution in [3.63, 3.8) is 0 Å². The lowest BCUT2D eigenvalue weighted by atomic mass is 10.1. The topological polar surface area (TPSA) is 56.7 Å². The minimum atomic E-state index is -0.232. The summed E-state index contributed by atoms with van der Waals surface area (Å²) < 4.78 is 1.87. The summed E-state index contributed by atoms with van der Waals surface area (Å²) in [6, 6.07) is 11.9. The molecule has 3 rings (SSSR count). The van der Waals surface area contributed by atoms with Gasteiger partial charge in [0, 0.05) is 23.7 Å². The number of nitrogens with zero attached hydrogens (tertiary/aromatic N) is 3. The lowest BCUT2D eigenvalue weighted by molar-refractivity contribution is 0.658. The molecule has 2 aromatic heterocycles. The van der Waals surface area contributed by atoms with Crippen molar-refractivity contribution in [1.29, 1.82) is 0 Å². The molecule has 0 bridgehead atoms. The highest BCUT2D eigenvalue weighted by molar-refractivity contribution is 5.78. The van der Waals surface area contributed by atoms with E-state index in [0.29, 0.717) is 0 Å². The minimum Gasteiger partial charge on any atom is -0.319 e. The van der Waals surface area contributed by atoms with Crippen molar-refractivity contribution in [2.45, 2.75) is 19.5 Å². The van der Waals surface area contributed by atoms with E-state index in [-0.39, 0.29) is 6.04 Å². The van der Waals surface area contributed by atoms with E-state index in [9.17, 15) is 0 Å². The Hall–Kier alpha value is -2.20. The number of hydrogen-bond donors (Lipinski definition) is 1. The normalized spacial score (nSPS) is 12.7. The number of pyridine rings is 1. The van der Waals surface area contributed by atoms with Gasteiger partial charge in [0.1, 0.15) is 0 Å². The summed E-state index contributed by atoms with van der Waals surface area (Å²) in [5.74, 6) is 0. The molecule has 0 amide bonds. The summed E-state index contributed by atoms with van der Waals surface area (Å²) in [5, 5.41) is 5.38. The molecule has 96 valence electrons.